The van der Waals surface area contributed by atoms with E-state index in [0.717, 1.165) is 44.1 Å². The summed E-state index contributed by atoms with van der Waals surface area (Å²) in [5, 5.41) is 3.61. The van der Waals surface area contributed by atoms with Crippen molar-refractivity contribution in [3.05, 3.63) is 108 Å². The summed E-state index contributed by atoms with van der Waals surface area (Å²) in [5.41, 5.74) is 9.75. The zero-order valence-corrected chi connectivity index (χ0v) is 18.6. The summed E-state index contributed by atoms with van der Waals surface area (Å²) >= 11 is 0. The van der Waals surface area contributed by atoms with E-state index in [4.69, 9.17) is 0 Å². The summed E-state index contributed by atoms with van der Waals surface area (Å²) in [6, 6.07) is 27.9. The van der Waals surface area contributed by atoms with E-state index < -0.39 is 0 Å². The van der Waals surface area contributed by atoms with Gasteiger partial charge in [-0.15, -0.1) is 4.57 Å². The Kier molecular flexibility index (Phi) is 2.97. The third-order valence-electron chi connectivity index (χ3n) is 7.92. The molecule has 0 fully saturated rings. The van der Waals surface area contributed by atoms with Crippen LogP contribution in [0.3, 0.4) is 0 Å². The smallest absolute Gasteiger partial charge is 0.305 e. The van der Waals surface area contributed by atoms with E-state index in [0.29, 0.717) is 0 Å². The van der Waals surface area contributed by atoms with Crippen molar-refractivity contribution < 1.29 is 9.36 Å². The molecule has 4 heterocycles. The molecule has 3 aliphatic heterocycles. The van der Waals surface area contributed by atoms with Crippen LogP contribution in [0.2, 0.25) is 0 Å². The van der Waals surface area contributed by atoms with E-state index in [9.17, 15) is 4.79 Å². The lowest BCUT2D eigenvalue weighted by molar-refractivity contribution is -0.521. The predicted octanol–water partition coefficient (Wildman–Crippen LogP) is 5.33. The van der Waals surface area contributed by atoms with Gasteiger partial charge in [0, 0.05) is 16.8 Å². The van der Waals surface area contributed by atoms with Crippen LogP contribution in [0.5, 0.6) is 0 Å². The number of carbonyl (C=O) groups is 1. The summed E-state index contributed by atoms with van der Waals surface area (Å²) in [7, 11) is 0. The second-order valence-electron chi connectivity index (χ2n) is 9.53. The van der Waals surface area contributed by atoms with Gasteiger partial charge in [0.2, 0.25) is 11.0 Å². The minimum absolute atomic E-state index is 0.106. The Balaban J connectivity index is 1.70. The number of allylic oxidation sites excluding steroid dienone is 4. The van der Waals surface area contributed by atoms with Crippen LogP contribution >= 0.6 is 0 Å². The fraction of sp³-hybridized carbons (Fsp3) is 0.0323. The zero-order chi connectivity index (χ0) is 22.8. The monoisotopic (exact) mass is 448 g/mol. The van der Waals surface area contributed by atoms with Gasteiger partial charge in [0.05, 0.1) is 27.3 Å². The Labute approximate surface area is 199 Å². The Morgan fingerprint density at radius 1 is 0.714 bits per heavy atom. The first-order chi connectivity index (χ1) is 17.3. The first-order valence-electron chi connectivity index (χ1n) is 12.0. The average Bonchev–Trinajstić information content (AvgIpc) is 3.25. The van der Waals surface area contributed by atoms with Gasteiger partial charge in [-0.2, -0.15) is 0 Å². The first kappa shape index (κ1) is 17.7. The van der Waals surface area contributed by atoms with Crippen LogP contribution in [0.25, 0.3) is 60.6 Å². The summed E-state index contributed by atoms with van der Waals surface area (Å²) in [5.74, 6) is -0.157. The highest BCUT2D eigenvalue weighted by atomic mass is 16.2. The van der Waals surface area contributed by atoms with Crippen LogP contribution in [0, 0.1) is 5.92 Å². The van der Waals surface area contributed by atoms with Crippen molar-refractivity contribution in [2.45, 2.75) is 0 Å². The standard InChI is InChI=1S/C31H18N3O/c35-31-22-10-2-1-8-18(22)20-11-5-15-25-29(20)34(31)27-17-7-16-26-30(27)33(25)24-14-6-12-21-19-9-3-4-13-23(19)32(26)28(21)24/h1-17,22H/q+1. The number of fused-ring (bicyclic) bond motifs is 8. The van der Waals surface area contributed by atoms with Gasteiger partial charge in [0.15, 0.2) is 0 Å². The largest absolute Gasteiger partial charge is 0.404 e. The minimum Gasteiger partial charge on any atom is -0.305 e. The van der Waals surface area contributed by atoms with Crippen molar-refractivity contribution in [3.63, 3.8) is 0 Å². The molecule has 9 rings (SSSR count). The molecule has 4 nitrogen and oxygen atoms in total. The van der Waals surface area contributed by atoms with Crippen LogP contribution < -0.4 is 9.79 Å². The molecule has 4 aromatic carbocycles. The van der Waals surface area contributed by atoms with Crippen molar-refractivity contribution >= 4 is 60.9 Å². The molecule has 0 amide bonds. The van der Waals surface area contributed by atoms with Crippen LogP contribution in [0.1, 0.15) is 4.79 Å². The maximum Gasteiger partial charge on any atom is 0.404 e. The van der Waals surface area contributed by atoms with Crippen LogP contribution in [0.15, 0.2) is 103 Å². The number of rotatable bonds is 0. The van der Waals surface area contributed by atoms with Gasteiger partial charge in [-0.25, -0.2) is 4.79 Å². The zero-order valence-electron chi connectivity index (χ0n) is 18.6. The van der Waals surface area contributed by atoms with Crippen molar-refractivity contribution in [1.82, 2.24) is 8.97 Å². The van der Waals surface area contributed by atoms with Gasteiger partial charge in [-0.1, -0.05) is 66.8 Å². The van der Waals surface area contributed by atoms with Gasteiger partial charge in [0.1, 0.15) is 17.1 Å². The molecule has 5 aromatic rings. The molecule has 0 radical (unpaired) electrons. The molecule has 1 atom stereocenters. The maximum absolute atomic E-state index is 14.0. The quantitative estimate of drug-likeness (QED) is 0.175. The summed E-state index contributed by atoms with van der Waals surface area (Å²) in [6.07, 6.45) is 8.13. The summed E-state index contributed by atoms with van der Waals surface area (Å²) in [4.78, 5) is 14.0. The maximum atomic E-state index is 14.0. The number of hydrogen-bond donors (Lipinski definition) is 0. The molecule has 4 aliphatic rings. The Hall–Kier alpha value is -4.70. The second-order valence-corrected chi connectivity index (χ2v) is 9.53. The highest BCUT2D eigenvalue weighted by Gasteiger charge is 2.40. The van der Waals surface area contributed by atoms with E-state index in [1.807, 2.05) is 22.8 Å². The van der Waals surface area contributed by atoms with Crippen molar-refractivity contribution in [2.24, 2.45) is 5.92 Å². The molecule has 0 N–H and O–H groups in total. The van der Waals surface area contributed by atoms with Crippen LogP contribution in [-0.2, 0) is 0 Å². The fourth-order valence-electron chi connectivity index (χ4n) is 6.59. The predicted molar refractivity (Wildman–Crippen MR) is 139 cm³/mol. The number of aromatic nitrogens is 3. The number of benzene rings is 4. The van der Waals surface area contributed by atoms with E-state index in [1.54, 1.807) is 0 Å². The number of carbonyl (C=O) groups excluding carboxylic acids is 1. The summed E-state index contributed by atoms with van der Waals surface area (Å²) < 4.78 is 6.71. The van der Waals surface area contributed by atoms with E-state index >= 15 is 0 Å². The number of para-hydroxylation sites is 4. The molecule has 162 valence electrons. The normalized spacial score (nSPS) is 17.2. The molecule has 1 aromatic heterocycles. The van der Waals surface area contributed by atoms with Crippen LogP contribution in [0.4, 0.5) is 0 Å². The molecule has 0 spiro atoms. The topological polar surface area (TPSA) is 30.3 Å². The van der Waals surface area contributed by atoms with Gasteiger partial charge in [0.25, 0.3) is 0 Å². The molecule has 0 saturated carbocycles. The van der Waals surface area contributed by atoms with Crippen molar-refractivity contribution in [2.75, 3.05) is 0 Å². The lowest BCUT2D eigenvalue weighted by atomic mass is 9.88. The molecule has 35 heavy (non-hydrogen) atoms. The van der Waals surface area contributed by atoms with Gasteiger partial charge >= 0.3 is 5.91 Å². The van der Waals surface area contributed by atoms with Gasteiger partial charge in [-0.05, 0) is 35.9 Å². The lowest BCUT2D eigenvalue weighted by Crippen LogP contribution is -2.54. The molecule has 4 heteroatoms. The average molecular weight is 449 g/mol. The SMILES string of the molecule is O=C1C2C=CC=CC2=c2cccc3c2[n+]1c1cccc2c1-n3c1cccc3c4ccccc4n2c31. The molecule has 0 saturated heterocycles. The highest BCUT2D eigenvalue weighted by Crippen LogP contribution is 2.40. The molecule has 0 bridgehead atoms. The Morgan fingerprint density at radius 2 is 1.49 bits per heavy atom. The second kappa shape index (κ2) is 5.86. The first-order valence-corrected chi connectivity index (χ1v) is 12.0. The van der Waals surface area contributed by atoms with Crippen molar-refractivity contribution in [1.29, 1.82) is 0 Å². The third-order valence-corrected chi connectivity index (χ3v) is 7.92. The van der Waals surface area contributed by atoms with Crippen LogP contribution in [-0.4, -0.2) is 14.9 Å². The number of hydrogen-bond acceptors (Lipinski definition) is 1. The Bertz CT molecular complexity index is 2190. The number of nitrogens with zero attached hydrogens (tertiary/aromatic N) is 3. The molecule has 1 aliphatic carbocycles. The van der Waals surface area contributed by atoms with E-state index in [2.05, 4.69) is 93.9 Å². The Morgan fingerprint density at radius 3 is 2.46 bits per heavy atom. The lowest BCUT2D eigenvalue weighted by Gasteiger charge is -2.24. The highest BCUT2D eigenvalue weighted by molar-refractivity contribution is 6.16. The molecular weight excluding hydrogens is 430 g/mol. The fourth-order valence-corrected chi connectivity index (χ4v) is 6.59. The van der Waals surface area contributed by atoms with Gasteiger partial charge < -0.3 is 4.40 Å². The van der Waals surface area contributed by atoms with Gasteiger partial charge in [-0.3, -0.25) is 4.57 Å². The minimum atomic E-state index is -0.264. The third kappa shape index (κ3) is 1.90. The van der Waals surface area contributed by atoms with E-state index in [1.165, 1.54) is 21.8 Å². The summed E-state index contributed by atoms with van der Waals surface area (Å²) in [6.45, 7) is 0. The van der Waals surface area contributed by atoms with Crippen molar-refractivity contribution in [3.8, 4) is 5.69 Å². The molecule has 1 unspecified atom stereocenters. The molecular formula is C31H18N3O+. The van der Waals surface area contributed by atoms with E-state index in [-0.39, 0.29) is 11.8 Å².